The van der Waals surface area contributed by atoms with Crippen molar-refractivity contribution < 1.29 is 9.53 Å². The normalized spacial score (nSPS) is 18.4. The molecule has 1 heterocycles. The van der Waals surface area contributed by atoms with E-state index in [1.54, 1.807) is 4.90 Å². The van der Waals surface area contributed by atoms with Crippen LogP contribution in [0.5, 0.6) is 0 Å². The van der Waals surface area contributed by atoms with Gasteiger partial charge in [-0.05, 0) is 31.7 Å². The number of piperidine rings is 1. The lowest BCUT2D eigenvalue weighted by Crippen LogP contribution is -2.45. The van der Waals surface area contributed by atoms with Gasteiger partial charge < -0.3 is 14.5 Å². The molecule has 0 aromatic heterocycles. The summed E-state index contributed by atoms with van der Waals surface area (Å²) in [7, 11) is 3.27. The van der Waals surface area contributed by atoms with Crippen LogP contribution in [0.25, 0.3) is 0 Å². The first-order valence-corrected chi connectivity index (χ1v) is 6.57. The first-order valence-electron chi connectivity index (χ1n) is 6.57. The van der Waals surface area contributed by atoms with E-state index in [0.29, 0.717) is 6.04 Å². The Morgan fingerprint density at radius 3 is 2.47 bits per heavy atom. The summed E-state index contributed by atoms with van der Waals surface area (Å²) < 4.78 is 4.74. The first-order chi connectivity index (χ1) is 8.04. The molecule has 0 N–H and O–H groups in total. The lowest BCUT2D eigenvalue weighted by atomic mass is 10.0. The Balaban J connectivity index is 2.28. The average molecular weight is 242 g/mol. The fourth-order valence-corrected chi connectivity index (χ4v) is 2.26. The van der Waals surface area contributed by atoms with Crippen LogP contribution in [0.1, 0.15) is 33.1 Å². The van der Waals surface area contributed by atoms with Crippen molar-refractivity contribution in [2.75, 3.05) is 33.8 Å². The van der Waals surface area contributed by atoms with Gasteiger partial charge in [-0.25, -0.2) is 4.79 Å². The number of amides is 1. The number of methoxy groups -OCH3 is 1. The molecule has 100 valence electrons. The highest BCUT2D eigenvalue weighted by Crippen LogP contribution is 2.16. The number of rotatable bonds is 4. The Labute approximate surface area is 105 Å². The molecule has 1 fully saturated rings. The molecule has 0 spiro atoms. The third-order valence-corrected chi connectivity index (χ3v) is 3.59. The first kappa shape index (κ1) is 14.3. The van der Waals surface area contributed by atoms with Crippen LogP contribution in [-0.2, 0) is 4.74 Å². The smallest absolute Gasteiger partial charge is 0.409 e. The maximum Gasteiger partial charge on any atom is 0.409 e. The molecule has 1 amide bonds. The Hall–Kier alpha value is -0.770. The zero-order valence-electron chi connectivity index (χ0n) is 11.6. The third-order valence-electron chi connectivity index (χ3n) is 3.59. The van der Waals surface area contributed by atoms with E-state index >= 15 is 0 Å². The summed E-state index contributed by atoms with van der Waals surface area (Å²) in [4.78, 5) is 15.6. The van der Waals surface area contributed by atoms with E-state index < -0.39 is 0 Å². The molecule has 4 nitrogen and oxygen atoms in total. The van der Waals surface area contributed by atoms with Crippen LogP contribution in [0, 0.1) is 5.92 Å². The number of nitrogens with zero attached hydrogens (tertiary/aromatic N) is 2. The van der Waals surface area contributed by atoms with E-state index in [4.69, 9.17) is 4.74 Å². The topological polar surface area (TPSA) is 32.8 Å². The summed E-state index contributed by atoms with van der Waals surface area (Å²) in [6.45, 7) is 7.90. The molecule has 1 aliphatic rings. The third kappa shape index (κ3) is 4.54. The molecule has 17 heavy (non-hydrogen) atoms. The quantitative estimate of drug-likeness (QED) is 0.757. The fraction of sp³-hybridized carbons (Fsp3) is 0.923. The molecule has 1 saturated heterocycles. The summed E-state index contributed by atoms with van der Waals surface area (Å²) in [6.07, 6.45) is 3.16. The highest BCUT2D eigenvalue weighted by molar-refractivity contribution is 5.67. The SMILES string of the molecule is COC(=O)N(C)C1CCN(CCC(C)C)CC1. The van der Waals surface area contributed by atoms with Crippen molar-refractivity contribution in [2.45, 2.75) is 39.2 Å². The molecular formula is C13H26N2O2. The lowest BCUT2D eigenvalue weighted by Gasteiger charge is -2.36. The Morgan fingerprint density at radius 2 is 2.00 bits per heavy atom. The van der Waals surface area contributed by atoms with Crippen molar-refractivity contribution >= 4 is 6.09 Å². The molecule has 0 saturated carbocycles. The van der Waals surface area contributed by atoms with Crippen LogP contribution in [0.4, 0.5) is 4.79 Å². The Bertz CT molecular complexity index is 236. The molecule has 0 aliphatic carbocycles. The van der Waals surface area contributed by atoms with Crippen LogP contribution in [0.15, 0.2) is 0 Å². The number of hydrogen-bond donors (Lipinski definition) is 0. The van der Waals surface area contributed by atoms with Crippen molar-refractivity contribution in [3.63, 3.8) is 0 Å². The fourth-order valence-electron chi connectivity index (χ4n) is 2.26. The van der Waals surface area contributed by atoms with Gasteiger partial charge in [0.15, 0.2) is 0 Å². The standard InChI is InChI=1S/C13H26N2O2/c1-11(2)5-8-15-9-6-12(7-10-15)14(3)13(16)17-4/h11-12H,5-10H2,1-4H3. The van der Waals surface area contributed by atoms with Crippen molar-refractivity contribution in [2.24, 2.45) is 5.92 Å². The Morgan fingerprint density at radius 1 is 1.41 bits per heavy atom. The lowest BCUT2D eigenvalue weighted by molar-refractivity contribution is 0.0902. The van der Waals surface area contributed by atoms with E-state index in [1.165, 1.54) is 20.1 Å². The van der Waals surface area contributed by atoms with E-state index in [9.17, 15) is 4.79 Å². The summed E-state index contributed by atoms with van der Waals surface area (Å²) in [5.41, 5.74) is 0. The summed E-state index contributed by atoms with van der Waals surface area (Å²) in [5, 5.41) is 0. The van der Waals surface area contributed by atoms with E-state index in [1.807, 2.05) is 7.05 Å². The maximum absolute atomic E-state index is 11.4. The summed E-state index contributed by atoms with van der Waals surface area (Å²) in [5.74, 6) is 0.769. The van der Waals surface area contributed by atoms with Gasteiger partial charge in [0.25, 0.3) is 0 Å². The zero-order chi connectivity index (χ0) is 12.8. The van der Waals surface area contributed by atoms with Gasteiger partial charge in [0.05, 0.1) is 7.11 Å². The second-order valence-electron chi connectivity index (χ2n) is 5.34. The van der Waals surface area contributed by atoms with Crippen molar-refractivity contribution in [3.8, 4) is 0 Å². The maximum atomic E-state index is 11.4. The van der Waals surface area contributed by atoms with E-state index in [0.717, 1.165) is 31.8 Å². The second-order valence-corrected chi connectivity index (χ2v) is 5.34. The highest BCUT2D eigenvalue weighted by Gasteiger charge is 2.25. The molecule has 0 atom stereocenters. The van der Waals surface area contributed by atoms with Gasteiger partial charge in [-0.1, -0.05) is 13.8 Å². The average Bonchev–Trinajstić information content (AvgIpc) is 2.35. The zero-order valence-corrected chi connectivity index (χ0v) is 11.6. The minimum absolute atomic E-state index is 0.217. The van der Waals surface area contributed by atoms with E-state index in [2.05, 4.69) is 18.7 Å². The molecule has 0 aromatic rings. The van der Waals surface area contributed by atoms with Crippen LogP contribution in [0.3, 0.4) is 0 Å². The van der Waals surface area contributed by atoms with Gasteiger partial charge in [-0.15, -0.1) is 0 Å². The van der Waals surface area contributed by atoms with Gasteiger partial charge in [-0.2, -0.15) is 0 Å². The molecule has 0 unspecified atom stereocenters. The predicted molar refractivity (Wildman–Crippen MR) is 69.1 cm³/mol. The molecule has 1 aliphatic heterocycles. The summed E-state index contributed by atoms with van der Waals surface area (Å²) in [6, 6.07) is 0.345. The van der Waals surface area contributed by atoms with E-state index in [-0.39, 0.29) is 6.09 Å². The molecular weight excluding hydrogens is 216 g/mol. The van der Waals surface area contributed by atoms with Gasteiger partial charge in [-0.3, -0.25) is 0 Å². The monoisotopic (exact) mass is 242 g/mol. The van der Waals surface area contributed by atoms with Crippen molar-refractivity contribution in [3.05, 3.63) is 0 Å². The van der Waals surface area contributed by atoms with Crippen molar-refractivity contribution in [1.82, 2.24) is 9.80 Å². The van der Waals surface area contributed by atoms with Gasteiger partial charge in [0.2, 0.25) is 0 Å². The van der Waals surface area contributed by atoms with Gasteiger partial charge in [0.1, 0.15) is 0 Å². The van der Waals surface area contributed by atoms with Crippen LogP contribution >= 0.6 is 0 Å². The second kappa shape index (κ2) is 6.84. The molecule has 0 bridgehead atoms. The molecule has 4 heteroatoms. The van der Waals surface area contributed by atoms with Crippen LogP contribution < -0.4 is 0 Å². The molecule has 0 aromatic carbocycles. The highest BCUT2D eigenvalue weighted by atomic mass is 16.5. The summed E-state index contributed by atoms with van der Waals surface area (Å²) >= 11 is 0. The number of carbonyl (C=O) groups excluding carboxylic acids is 1. The van der Waals surface area contributed by atoms with Crippen LogP contribution in [0.2, 0.25) is 0 Å². The Kier molecular flexibility index (Phi) is 5.75. The molecule has 0 radical (unpaired) electrons. The van der Waals surface area contributed by atoms with Crippen molar-refractivity contribution in [1.29, 1.82) is 0 Å². The number of carbonyl (C=O) groups is 1. The predicted octanol–water partition coefficient (Wildman–Crippen LogP) is 2.20. The van der Waals surface area contributed by atoms with Gasteiger partial charge >= 0.3 is 6.09 Å². The minimum Gasteiger partial charge on any atom is -0.453 e. The van der Waals surface area contributed by atoms with Crippen LogP contribution in [-0.4, -0.2) is 55.7 Å². The number of hydrogen-bond acceptors (Lipinski definition) is 3. The number of ether oxygens (including phenoxy) is 1. The minimum atomic E-state index is -0.217. The van der Waals surface area contributed by atoms with Gasteiger partial charge in [0, 0.05) is 26.2 Å². The molecule has 1 rings (SSSR count). The largest absolute Gasteiger partial charge is 0.453 e. The number of likely N-dealkylation sites (tertiary alicyclic amines) is 1.